The van der Waals surface area contributed by atoms with Crippen molar-refractivity contribution in [2.24, 2.45) is 7.05 Å². The van der Waals surface area contributed by atoms with Crippen LogP contribution >= 0.6 is 18.7 Å². The average molecular weight is 913 g/mol. The van der Waals surface area contributed by atoms with Gasteiger partial charge in [-0.15, -0.1) is 0 Å². The molecule has 9 rings (SSSR count). The Labute approximate surface area is 384 Å². The molecule has 6 aromatic rings. The van der Waals surface area contributed by atoms with E-state index < -0.39 is 7.14 Å². The minimum atomic E-state index is -2.73. The van der Waals surface area contributed by atoms with Crippen LogP contribution in [0.4, 0.5) is 34.5 Å². The van der Waals surface area contributed by atoms with E-state index in [0.717, 1.165) is 91.3 Å². The maximum Gasteiger partial charge on any atom is 0.234 e. The molecule has 0 bridgehead atoms. The van der Waals surface area contributed by atoms with Crippen molar-refractivity contribution in [1.29, 1.82) is 0 Å². The Morgan fingerprint density at radius 2 is 1.55 bits per heavy atom. The number of aryl methyl sites for hydroxylation is 1. The molecule has 2 aromatic heterocycles. The molecule has 2 amide bonds. The lowest BCUT2D eigenvalue weighted by Crippen LogP contribution is -2.53. The molecule has 3 aliphatic rings. The smallest absolute Gasteiger partial charge is 0.234 e. The third-order valence-electron chi connectivity index (χ3n) is 12.8. The Morgan fingerprint density at radius 1 is 0.800 bits per heavy atom. The number of carbonyl (C=O) groups excluding carboxylic acids is 2. The first-order chi connectivity index (χ1) is 31.4. The van der Waals surface area contributed by atoms with Crippen LogP contribution in [-0.4, -0.2) is 102 Å². The van der Waals surface area contributed by atoms with Gasteiger partial charge in [0.1, 0.15) is 17.9 Å². The predicted octanol–water partition coefficient (Wildman–Crippen LogP) is 8.25. The van der Waals surface area contributed by atoms with Crippen LogP contribution < -0.4 is 35.8 Å². The third-order valence-corrected chi connectivity index (χ3v) is 14.6. The van der Waals surface area contributed by atoms with Gasteiger partial charge in [-0.05, 0) is 79.6 Å². The lowest BCUT2D eigenvalue weighted by molar-refractivity contribution is -0.134. The first-order valence-corrected chi connectivity index (χ1v) is 25.1. The summed E-state index contributed by atoms with van der Waals surface area (Å²) >= 11 is 6.69. The van der Waals surface area contributed by atoms with Gasteiger partial charge in [0.2, 0.25) is 17.8 Å². The van der Waals surface area contributed by atoms with Crippen LogP contribution in [0, 0.1) is 0 Å². The van der Waals surface area contributed by atoms with Crippen LogP contribution in [0.5, 0.6) is 5.75 Å². The van der Waals surface area contributed by atoms with Gasteiger partial charge in [-0.1, -0.05) is 60.1 Å². The van der Waals surface area contributed by atoms with E-state index in [0.29, 0.717) is 58.1 Å². The zero-order valence-electron chi connectivity index (χ0n) is 37.1. The van der Waals surface area contributed by atoms with Crippen molar-refractivity contribution in [2.75, 3.05) is 80.1 Å². The number of hydrogen-bond donors (Lipinski definition) is 3. The van der Waals surface area contributed by atoms with Crippen molar-refractivity contribution in [1.82, 2.24) is 30.0 Å². The molecule has 336 valence electrons. The van der Waals surface area contributed by atoms with Crippen LogP contribution in [0.2, 0.25) is 5.02 Å². The highest BCUT2D eigenvalue weighted by atomic mass is 35.5. The SMILES string of the molecule is COc1cc(N2CCC(N3CCN(c4ccc(C5CCC(=O)NC5=O)cc4)CC3)CC2)c(-c2cnn(C)c2)cc1Nc1ncc(Cl)c(Nc2ccc(-c3ccccc3)cc2P(C)(C)=O)n1. The Hall–Kier alpha value is -6.21. The maximum atomic E-state index is 13.6. The van der Waals surface area contributed by atoms with E-state index in [2.05, 4.69) is 65.0 Å². The molecule has 0 spiro atoms. The lowest BCUT2D eigenvalue weighted by Gasteiger charge is -2.44. The molecule has 65 heavy (non-hydrogen) atoms. The molecule has 3 saturated heterocycles. The number of nitrogens with zero attached hydrogens (tertiary/aromatic N) is 7. The topological polar surface area (TPSA) is 150 Å². The summed E-state index contributed by atoms with van der Waals surface area (Å²) in [7, 11) is 0.855. The maximum absolute atomic E-state index is 13.6. The van der Waals surface area contributed by atoms with E-state index in [1.807, 2.05) is 80.1 Å². The van der Waals surface area contributed by atoms with Crippen molar-refractivity contribution in [3.8, 4) is 28.0 Å². The lowest BCUT2D eigenvalue weighted by atomic mass is 9.90. The largest absolute Gasteiger partial charge is 0.494 e. The molecule has 3 aliphatic heterocycles. The summed E-state index contributed by atoms with van der Waals surface area (Å²) in [5, 5.41) is 14.8. The number of anilines is 6. The minimum absolute atomic E-state index is 0.191. The number of carbonyl (C=O) groups is 2. The Kier molecular flexibility index (Phi) is 12.7. The molecule has 1 atom stereocenters. The molecule has 0 radical (unpaired) electrons. The Balaban J connectivity index is 0.886. The number of imide groups is 1. The summed E-state index contributed by atoms with van der Waals surface area (Å²) in [4.78, 5) is 40.9. The fourth-order valence-corrected chi connectivity index (χ4v) is 10.6. The number of hydrogen-bond acceptors (Lipinski definition) is 12. The summed E-state index contributed by atoms with van der Waals surface area (Å²) in [5.41, 5.74) is 8.53. The number of piperazine rings is 1. The molecule has 3 fully saturated rings. The van der Waals surface area contributed by atoms with E-state index in [4.69, 9.17) is 21.3 Å². The summed E-state index contributed by atoms with van der Waals surface area (Å²) in [6.45, 7) is 9.14. The molecule has 4 aromatic carbocycles. The van der Waals surface area contributed by atoms with Crippen molar-refractivity contribution in [3.63, 3.8) is 0 Å². The number of halogens is 1. The molecular weight excluding hydrogens is 859 g/mol. The Morgan fingerprint density at radius 3 is 2.23 bits per heavy atom. The second kappa shape index (κ2) is 18.7. The first-order valence-electron chi connectivity index (χ1n) is 22.1. The summed E-state index contributed by atoms with van der Waals surface area (Å²) in [6.07, 6.45) is 8.45. The molecule has 3 N–H and O–H groups in total. The number of benzene rings is 4. The van der Waals surface area contributed by atoms with E-state index in [9.17, 15) is 14.2 Å². The molecule has 5 heterocycles. The predicted molar refractivity (Wildman–Crippen MR) is 260 cm³/mol. The number of nitrogens with one attached hydrogen (secondary N) is 3. The van der Waals surface area contributed by atoms with Crippen molar-refractivity contribution in [2.45, 2.75) is 37.6 Å². The number of aromatic nitrogens is 4. The van der Waals surface area contributed by atoms with Crippen LogP contribution in [0.3, 0.4) is 0 Å². The number of ether oxygens (including phenoxy) is 1. The van der Waals surface area contributed by atoms with Gasteiger partial charge < -0.3 is 29.7 Å². The number of piperidine rings is 2. The normalized spacial score (nSPS) is 17.5. The highest BCUT2D eigenvalue weighted by Gasteiger charge is 2.31. The highest BCUT2D eigenvalue weighted by molar-refractivity contribution is 7.70. The first kappa shape index (κ1) is 44.0. The number of amides is 2. The zero-order chi connectivity index (χ0) is 45.2. The average Bonchev–Trinajstić information content (AvgIpc) is 3.76. The second-order valence-electron chi connectivity index (χ2n) is 17.4. The van der Waals surface area contributed by atoms with Gasteiger partial charge in [-0.25, -0.2) is 4.98 Å². The van der Waals surface area contributed by atoms with Gasteiger partial charge >= 0.3 is 0 Å². The summed E-state index contributed by atoms with van der Waals surface area (Å²) in [5.74, 6) is 0.660. The van der Waals surface area contributed by atoms with Crippen molar-refractivity contribution >= 4 is 70.4 Å². The van der Waals surface area contributed by atoms with Crippen LogP contribution in [0.25, 0.3) is 22.3 Å². The standard InChI is InChI=1S/C49H54ClN10O4P/c1-57-31-35(29-52-57)39-27-42(54-49-51-30-40(50)47(56-49)53-41-16-12-34(26-45(41)65(3,4)63)32-8-6-5-7-9-32)44(64-2)28-43(39)60-20-18-37(19-21-60)59-24-22-58(23-25-59)36-13-10-33(11-14-36)38-15-17-46(61)55-48(38)62/h5-14,16,26-31,37-38H,15,17-25H2,1-4H3,(H,55,61,62)(H2,51,53,54,56). The van der Waals surface area contributed by atoms with Gasteiger partial charge in [-0.3, -0.25) is 24.5 Å². The van der Waals surface area contributed by atoms with Crippen LogP contribution in [0.1, 0.15) is 37.2 Å². The summed E-state index contributed by atoms with van der Waals surface area (Å²) < 4.78 is 21.4. The molecule has 0 saturated carbocycles. The minimum Gasteiger partial charge on any atom is -0.494 e. The second-order valence-corrected chi connectivity index (χ2v) is 21.0. The highest BCUT2D eigenvalue weighted by Crippen LogP contribution is 2.43. The quantitative estimate of drug-likeness (QED) is 0.0802. The van der Waals surface area contributed by atoms with E-state index >= 15 is 0 Å². The third kappa shape index (κ3) is 9.76. The van der Waals surface area contributed by atoms with Crippen molar-refractivity contribution in [3.05, 3.63) is 114 Å². The molecular formula is C49H54ClN10O4P. The van der Waals surface area contributed by atoms with Gasteiger partial charge in [0.05, 0.1) is 36.8 Å². The number of methoxy groups -OCH3 is 1. The fraction of sp³-hybridized carbons (Fsp3) is 0.327. The Bertz CT molecular complexity index is 2750. The van der Waals surface area contributed by atoms with Gasteiger partial charge in [-0.2, -0.15) is 10.1 Å². The van der Waals surface area contributed by atoms with Crippen LogP contribution in [0.15, 0.2) is 104 Å². The van der Waals surface area contributed by atoms with Crippen LogP contribution in [-0.2, 0) is 21.2 Å². The monoisotopic (exact) mass is 912 g/mol. The molecule has 1 unspecified atom stereocenters. The van der Waals surface area contributed by atoms with Gasteiger partial charge in [0.25, 0.3) is 0 Å². The van der Waals surface area contributed by atoms with E-state index in [1.165, 1.54) is 0 Å². The molecule has 16 heteroatoms. The number of rotatable bonds is 12. The zero-order valence-corrected chi connectivity index (χ0v) is 38.8. The fourth-order valence-electron chi connectivity index (χ4n) is 9.29. The van der Waals surface area contributed by atoms with Crippen molar-refractivity contribution < 1.29 is 18.9 Å². The summed E-state index contributed by atoms with van der Waals surface area (Å²) in [6, 6.07) is 28.9. The van der Waals surface area contributed by atoms with Gasteiger partial charge in [0.15, 0.2) is 5.82 Å². The molecule has 0 aliphatic carbocycles. The molecule has 14 nitrogen and oxygen atoms in total. The van der Waals surface area contributed by atoms with Gasteiger partial charge in [0, 0.05) is 98.8 Å². The van der Waals surface area contributed by atoms with E-state index in [-0.39, 0.29) is 17.7 Å². The van der Waals surface area contributed by atoms with E-state index in [1.54, 1.807) is 31.3 Å².